The summed E-state index contributed by atoms with van der Waals surface area (Å²) in [7, 11) is 0. The van der Waals surface area contributed by atoms with E-state index >= 15 is 0 Å². The van der Waals surface area contributed by atoms with Gasteiger partial charge in [-0.25, -0.2) is 0 Å². The van der Waals surface area contributed by atoms with Crippen LogP contribution in [0.15, 0.2) is 54.7 Å². The van der Waals surface area contributed by atoms with Crippen LogP contribution in [0.3, 0.4) is 0 Å². The van der Waals surface area contributed by atoms with Gasteiger partial charge in [0.2, 0.25) is 0 Å². The van der Waals surface area contributed by atoms with Crippen LogP contribution < -0.4 is 0 Å². The highest BCUT2D eigenvalue weighted by Crippen LogP contribution is 2.39. The van der Waals surface area contributed by atoms with E-state index in [0.717, 1.165) is 5.69 Å². The molecule has 34 heavy (non-hydrogen) atoms. The Bertz CT molecular complexity index is 1320. The van der Waals surface area contributed by atoms with Crippen molar-refractivity contribution in [2.24, 2.45) is 0 Å². The molecule has 1 nitrogen and oxygen atoms in total. The van der Waals surface area contributed by atoms with Crippen LogP contribution >= 0.6 is 11.3 Å². The summed E-state index contributed by atoms with van der Waals surface area (Å²) in [4.78, 5) is 6.18. The van der Waals surface area contributed by atoms with Crippen molar-refractivity contribution in [2.75, 3.05) is 0 Å². The summed E-state index contributed by atoms with van der Waals surface area (Å²) < 4.78 is 1.24. The molecule has 4 rings (SSSR count). The Kier molecular flexibility index (Phi) is 6.05. The summed E-state index contributed by atoms with van der Waals surface area (Å²) in [5, 5.41) is 1.27. The van der Waals surface area contributed by atoms with E-state index in [0.29, 0.717) is 0 Å². The van der Waals surface area contributed by atoms with E-state index in [4.69, 9.17) is 4.98 Å². The predicted molar refractivity (Wildman–Crippen MR) is 151 cm³/mol. The van der Waals surface area contributed by atoms with Crippen molar-refractivity contribution < 1.29 is 0 Å². The molecule has 0 aliphatic rings. The maximum atomic E-state index is 4.87. The van der Waals surface area contributed by atoms with Crippen LogP contribution in [0.4, 0.5) is 0 Å². The van der Waals surface area contributed by atoms with Crippen molar-refractivity contribution in [3.05, 3.63) is 77.0 Å². The number of hydrogen-bond donors (Lipinski definition) is 0. The molecule has 0 N–H and O–H groups in total. The SMILES string of the molecule is Cc1cc(-c2cc3cc(-c4cc(C(C)(C)C)cc(C(C)(C)C)c4)sc3cn2)cc(C(C)(C)C)c1. The number of pyridine rings is 1. The number of aryl methyl sites for hydroxylation is 1. The first-order valence-corrected chi connectivity index (χ1v) is 13.1. The Morgan fingerprint density at radius 1 is 0.588 bits per heavy atom. The minimum Gasteiger partial charge on any atom is -0.255 e. The molecule has 2 aromatic carbocycles. The highest BCUT2D eigenvalue weighted by Gasteiger charge is 2.22. The molecule has 178 valence electrons. The van der Waals surface area contributed by atoms with Crippen LogP contribution in [0.25, 0.3) is 31.8 Å². The minimum absolute atomic E-state index is 0.108. The van der Waals surface area contributed by atoms with Gasteiger partial charge >= 0.3 is 0 Å². The molecule has 0 aliphatic carbocycles. The van der Waals surface area contributed by atoms with E-state index in [9.17, 15) is 0 Å². The van der Waals surface area contributed by atoms with Gasteiger partial charge < -0.3 is 0 Å². The molecule has 0 saturated heterocycles. The van der Waals surface area contributed by atoms with Gasteiger partial charge in [0.1, 0.15) is 0 Å². The Hall–Kier alpha value is -2.45. The number of fused-ring (bicyclic) bond motifs is 1. The van der Waals surface area contributed by atoms with E-state index in [1.807, 2.05) is 11.3 Å². The van der Waals surface area contributed by atoms with Gasteiger partial charge in [-0.1, -0.05) is 80.0 Å². The lowest BCUT2D eigenvalue weighted by atomic mass is 9.79. The third-order valence-electron chi connectivity index (χ3n) is 6.59. The van der Waals surface area contributed by atoms with E-state index in [-0.39, 0.29) is 16.2 Å². The first-order valence-electron chi connectivity index (χ1n) is 12.3. The Morgan fingerprint density at radius 3 is 1.68 bits per heavy atom. The minimum atomic E-state index is 0.108. The predicted octanol–water partition coefficient (Wildman–Crippen LogP) is 9.83. The van der Waals surface area contributed by atoms with Crippen molar-refractivity contribution in [2.45, 2.75) is 85.5 Å². The second-order valence-corrected chi connectivity index (χ2v) is 13.9. The van der Waals surface area contributed by atoms with Gasteiger partial charge in [-0.15, -0.1) is 11.3 Å². The normalized spacial score (nSPS) is 13.0. The summed E-state index contributed by atoms with van der Waals surface area (Å²) in [5.74, 6) is 0. The van der Waals surface area contributed by atoms with Gasteiger partial charge in [0.05, 0.1) is 10.4 Å². The van der Waals surface area contributed by atoms with Crippen LogP contribution in [0.5, 0.6) is 0 Å². The zero-order valence-electron chi connectivity index (χ0n) is 22.6. The number of benzene rings is 2. The Balaban J connectivity index is 1.82. The summed E-state index contributed by atoms with van der Waals surface area (Å²) in [6, 6.07) is 18.6. The molecule has 0 fully saturated rings. The molecule has 0 atom stereocenters. The molecule has 4 aromatic rings. The van der Waals surface area contributed by atoms with Crippen molar-refractivity contribution in [1.29, 1.82) is 0 Å². The second-order valence-electron chi connectivity index (χ2n) is 12.9. The molecule has 2 heterocycles. The summed E-state index contributed by atoms with van der Waals surface area (Å²) in [6.45, 7) is 22.8. The maximum Gasteiger partial charge on any atom is 0.0709 e. The summed E-state index contributed by atoms with van der Waals surface area (Å²) in [6.07, 6.45) is 2.05. The van der Waals surface area contributed by atoms with Gasteiger partial charge in [0.25, 0.3) is 0 Å². The first kappa shape index (κ1) is 24.7. The summed E-state index contributed by atoms with van der Waals surface area (Å²) >= 11 is 1.84. The molecule has 0 amide bonds. The highest BCUT2D eigenvalue weighted by molar-refractivity contribution is 7.22. The van der Waals surface area contributed by atoms with E-state index in [1.165, 1.54) is 48.3 Å². The average molecular weight is 470 g/mol. The number of aromatic nitrogens is 1. The monoisotopic (exact) mass is 469 g/mol. The molecule has 0 aliphatic heterocycles. The van der Waals surface area contributed by atoms with Crippen LogP contribution in [-0.2, 0) is 16.2 Å². The molecular formula is C32H39NS. The third kappa shape index (κ3) is 5.13. The fourth-order valence-corrected chi connectivity index (χ4v) is 5.25. The van der Waals surface area contributed by atoms with Crippen molar-refractivity contribution >= 4 is 21.4 Å². The fourth-order valence-electron chi connectivity index (χ4n) is 4.25. The van der Waals surface area contributed by atoms with Crippen molar-refractivity contribution in [1.82, 2.24) is 4.98 Å². The van der Waals surface area contributed by atoms with Gasteiger partial charge in [-0.05, 0) is 87.2 Å². The molecule has 0 radical (unpaired) electrons. The lowest BCUT2D eigenvalue weighted by Crippen LogP contribution is -2.16. The van der Waals surface area contributed by atoms with E-state index < -0.39 is 0 Å². The number of rotatable bonds is 2. The van der Waals surface area contributed by atoms with Gasteiger partial charge in [0, 0.05) is 16.6 Å². The van der Waals surface area contributed by atoms with Gasteiger partial charge in [0.15, 0.2) is 0 Å². The number of nitrogens with zero attached hydrogens (tertiary/aromatic N) is 1. The summed E-state index contributed by atoms with van der Waals surface area (Å²) in [5.41, 5.74) is 9.30. The zero-order chi connectivity index (χ0) is 25.1. The number of hydrogen-bond acceptors (Lipinski definition) is 2. The van der Waals surface area contributed by atoms with Crippen LogP contribution in [0.2, 0.25) is 0 Å². The van der Waals surface area contributed by atoms with Crippen LogP contribution in [0, 0.1) is 6.92 Å². The molecule has 2 heteroatoms. The van der Waals surface area contributed by atoms with E-state index in [2.05, 4.69) is 124 Å². The van der Waals surface area contributed by atoms with Gasteiger partial charge in [-0.2, -0.15) is 0 Å². The van der Waals surface area contributed by atoms with Crippen molar-refractivity contribution in [3.8, 4) is 21.7 Å². The Labute approximate surface area is 210 Å². The smallest absolute Gasteiger partial charge is 0.0709 e. The van der Waals surface area contributed by atoms with Crippen LogP contribution in [-0.4, -0.2) is 4.98 Å². The Morgan fingerprint density at radius 2 is 1.12 bits per heavy atom. The van der Waals surface area contributed by atoms with Crippen molar-refractivity contribution in [3.63, 3.8) is 0 Å². The topological polar surface area (TPSA) is 12.9 Å². The molecule has 0 unspecified atom stereocenters. The molecular weight excluding hydrogens is 430 g/mol. The molecule has 0 saturated carbocycles. The quantitative estimate of drug-likeness (QED) is 0.285. The lowest BCUT2D eigenvalue weighted by molar-refractivity contribution is 0.569. The van der Waals surface area contributed by atoms with E-state index in [1.54, 1.807) is 0 Å². The highest BCUT2D eigenvalue weighted by atomic mass is 32.1. The van der Waals surface area contributed by atoms with Crippen LogP contribution in [0.1, 0.15) is 84.6 Å². The lowest BCUT2D eigenvalue weighted by Gasteiger charge is -2.26. The number of thiophene rings is 1. The molecule has 2 aromatic heterocycles. The maximum absolute atomic E-state index is 4.87. The standard InChI is InChI=1S/C32H39NS/c1-20-11-21(13-24(12-20)30(2,3)4)27-16-23-17-28(34-29(23)19-33-27)22-14-25(31(5,6)7)18-26(15-22)32(8,9)10/h11-19H,1-10H3. The van der Waals surface area contributed by atoms with Gasteiger partial charge in [-0.3, -0.25) is 4.98 Å². The molecule has 0 bridgehead atoms. The zero-order valence-corrected chi connectivity index (χ0v) is 23.4. The third-order valence-corrected chi connectivity index (χ3v) is 7.73. The largest absolute Gasteiger partial charge is 0.255 e. The average Bonchev–Trinajstić information content (AvgIpc) is 3.14. The fraction of sp³-hybridized carbons (Fsp3) is 0.406. The second kappa shape index (κ2) is 8.34. The molecule has 0 spiro atoms. The first-order chi connectivity index (χ1) is 15.6.